The molecule has 0 amide bonds. The number of benzene rings is 3. The standard InChI is InChI=1S/C23H16ClF7O2/c24-19-11-15(7-8-17(19)22(26,27)28)18(23(29,30)31)13-32-12-14-6-9-20(25)21(10-14)33-16-4-2-1-3-5-16/h1-11,18H,12-13H2. The summed E-state index contributed by atoms with van der Waals surface area (Å²) < 4.78 is 104. The van der Waals surface area contributed by atoms with Crippen LogP contribution in [0.4, 0.5) is 30.7 Å². The van der Waals surface area contributed by atoms with E-state index in [-0.39, 0.29) is 12.4 Å². The molecular weight excluding hydrogens is 477 g/mol. The van der Waals surface area contributed by atoms with Crippen LogP contribution >= 0.6 is 11.6 Å². The van der Waals surface area contributed by atoms with Crippen LogP contribution in [0.3, 0.4) is 0 Å². The number of halogens is 8. The number of alkyl halides is 6. The SMILES string of the molecule is Fc1ccc(COCC(c2ccc(C(F)(F)F)c(Cl)c2)C(F)(F)F)cc1Oc1ccccc1. The molecule has 176 valence electrons. The van der Waals surface area contributed by atoms with E-state index in [9.17, 15) is 30.7 Å². The Bertz CT molecular complexity index is 1080. The van der Waals surface area contributed by atoms with E-state index in [1.165, 1.54) is 12.1 Å². The first kappa shape index (κ1) is 24.9. The Morgan fingerprint density at radius 2 is 1.55 bits per heavy atom. The van der Waals surface area contributed by atoms with Crippen LogP contribution in [0.2, 0.25) is 5.02 Å². The molecule has 2 nitrogen and oxygen atoms in total. The molecule has 3 aromatic carbocycles. The fourth-order valence-corrected chi connectivity index (χ4v) is 3.28. The van der Waals surface area contributed by atoms with Gasteiger partial charge in [0.2, 0.25) is 0 Å². The van der Waals surface area contributed by atoms with Crippen LogP contribution in [0, 0.1) is 5.82 Å². The number of rotatable bonds is 7. The average molecular weight is 493 g/mol. The summed E-state index contributed by atoms with van der Waals surface area (Å²) in [4.78, 5) is 0. The molecule has 3 rings (SSSR count). The van der Waals surface area contributed by atoms with Gasteiger partial charge >= 0.3 is 12.4 Å². The molecule has 0 N–H and O–H groups in total. The predicted molar refractivity (Wildman–Crippen MR) is 108 cm³/mol. The van der Waals surface area contributed by atoms with Gasteiger partial charge in [-0.1, -0.05) is 41.9 Å². The van der Waals surface area contributed by atoms with Gasteiger partial charge in [0.05, 0.1) is 23.8 Å². The van der Waals surface area contributed by atoms with Gasteiger partial charge in [0.1, 0.15) is 11.7 Å². The molecule has 0 saturated carbocycles. The van der Waals surface area contributed by atoms with Gasteiger partial charge in [0, 0.05) is 0 Å². The van der Waals surface area contributed by atoms with E-state index in [1.54, 1.807) is 30.3 Å². The normalized spacial score (nSPS) is 13.1. The minimum absolute atomic E-state index is 0.135. The third kappa shape index (κ3) is 6.61. The Kier molecular flexibility index (Phi) is 7.54. The second-order valence-corrected chi connectivity index (χ2v) is 7.43. The van der Waals surface area contributed by atoms with E-state index < -0.39 is 46.8 Å². The molecule has 0 spiro atoms. The zero-order valence-corrected chi connectivity index (χ0v) is 17.4. The van der Waals surface area contributed by atoms with Crippen molar-refractivity contribution < 1.29 is 40.2 Å². The summed E-state index contributed by atoms with van der Waals surface area (Å²) in [5.41, 5.74) is -1.35. The quantitative estimate of drug-likeness (QED) is 0.310. The van der Waals surface area contributed by atoms with Gasteiger partial charge < -0.3 is 9.47 Å². The molecule has 0 aliphatic carbocycles. The van der Waals surface area contributed by atoms with Gasteiger partial charge in [0.25, 0.3) is 0 Å². The van der Waals surface area contributed by atoms with Crippen molar-refractivity contribution in [2.75, 3.05) is 6.61 Å². The van der Waals surface area contributed by atoms with Gasteiger partial charge in [-0.2, -0.15) is 26.3 Å². The Hall–Kier alpha value is -2.78. The maximum Gasteiger partial charge on any atom is 0.417 e. The summed E-state index contributed by atoms with van der Waals surface area (Å²) in [7, 11) is 0. The van der Waals surface area contributed by atoms with Crippen LogP contribution in [0.1, 0.15) is 22.6 Å². The van der Waals surface area contributed by atoms with E-state index in [1.807, 2.05) is 0 Å². The first-order valence-corrected chi connectivity index (χ1v) is 9.85. The van der Waals surface area contributed by atoms with Crippen molar-refractivity contribution in [3.8, 4) is 11.5 Å². The number of ether oxygens (including phenoxy) is 2. The third-order valence-corrected chi connectivity index (χ3v) is 4.93. The maximum absolute atomic E-state index is 14.0. The molecule has 1 unspecified atom stereocenters. The van der Waals surface area contributed by atoms with E-state index in [0.717, 1.165) is 12.1 Å². The van der Waals surface area contributed by atoms with E-state index in [2.05, 4.69) is 0 Å². The van der Waals surface area contributed by atoms with Gasteiger partial charge in [0.15, 0.2) is 11.6 Å². The lowest BCUT2D eigenvalue weighted by atomic mass is 9.98. The van der Waals surface area contributed by atoms with Crippen LogP contribution in [0.15, 0.2) is 66.7 Å². The van der Waals surface area contributed by atoms with Gasteiger partial charge in [-0.3, -0.25) is 0 Å². The molecule has 0 heterocycles. The van der Waals surface area contributed by atoms with Gasteiger partial charge in [-0.15, -0.1) is 0 Å². The second kappa shape index (κ2) is 10.0. The highest BCUT2D eigenvalue weighted by atomic mass is 35.5. The molecule has 1 atom stereocenters. The summed E-state index contributed by atoms with van der Waals surface area (Å²) in [6.45, 7) is -1.19. The molecule has 10 heteroatoms. The molecule has 3 aromatic rings. The zero-order chi connectivity index (χ0) is 24.2. The van der Waals surface area contributed by atoms with Crippen LogP contribution in [0.25, 0.3) is 0 Å². The Morgan fingerprint density at radius 3 is 2.15 bits per heavy atom. The molecule has 0 aliphatic rings. The molecule has 0 aromatic heterocycles. The Labute approximate surface area is 189 Å². The van der Waals surface area contributed by atoms with Crippen molar-refractivity contribution in [2.45, 2.75) is 24.9 Å². The van der Waals surface area contributed by atoms with E-state index in [4.69, 9.17) is 21.1 Å². The molecule has 0 aliphatic heterocycles. The van der Waals surface area contributed by atoms with Crippen molar-refractivity contribution in [2.24, 2.45) is 0 Å². The number of para-hydroxylation sites is 1. The maximum atomic E-state index is 14.0. The summed E-state index contributed by atoms with van der Waals surface area (Å²) in [6.07, 6.45) is -9.59. The highest BCUT2D eigenvalue weighted by Gasteiger charge is 2.42. The smallest absolute Gasteiger partial charge is 0.417 e. The highest BCUT2D eigenvalue weighted by molar-refractivity contribution is 6.31. The van der Waals surface area contributed by atoms with E-state index >= 15 is 0 Å². The summed E-state index contributed by atoms with van der Waals surface area (Å²) >= 11 is 5.56. The van der Waals surface area contributed by atoms with Crippen molar-refractivity contribution in [1.29, 1.82) is 0 Å². The van der Waals surface area contributed by atoms with Gasteiger partial charge in [-0.05, 0) is 47.5 Å². The molecule has 0 fully saturated rings. The molecule has 0 saturated heterocycles. The van der Waals surface area contributed by atoms with Crippen LogP contribution < -0.4 is 4.74 Å². The van der Waals surface area contributed by atoms with Crippen LogP contribution in [-0.2, 0) is 17.5 Å². The van der Waals surface area contributed by atoms with E-state index in [0.29, 0.717) is 23.4 Å². The Morgan fingerprint density at radius 1 is 0.848 bits per heavy atom. The van der Waals surface area contributed by atoms with Crippen molar-refractivity contribution in [1.82, 2.24) is 0 Å². The summed E-state index contributed by atoms with van der Waals surface area (Å²) in [5.74, 6) is -2.65. The third-order valence-electron chi connectivity index (χ3n) is 4.62. The minimum Gasteiger partial charge on any atom is -0.454 e. The Balaban J connectivity index is 1.72. The summed E-state index contributed by atoms with van der Waals surface area (Å²) in [5, 5.41) is -0.838. The lowest BCUT2D eigenvalue weighted by molar-refractivity contribution is -0.163. The molecular formula is C23H16ClF7O2. The minimum atomic E-state index is -4.80. The number of hydrogen-bond acceptors (Lipinski definition) is 2. The monoisotopic (exact) mass is 492 g/mol. The lowest BCUT2D eigenvalue weighted by Crippen LogP contribution is -2.25. The van der Waals surface area contributed by atoms with Crippen LogP contribution in [0.5, 0.6) is 11.5 Å². The fraction of sp³-hybridized carbons (Fsp3) is 0.217. The van der Waals surface area contributed by atoms with Crippen molar-refractivity contribution >= 4 is 11.6 Å². The topological polar surface area (TPSA) is 18.5 Å². The first-order valence-electron chi connectivity index (χ1n) is 9.47. The van der Waals surface area contributed by atoms with Crippen molar-refractivity contribution in [3.05, 3.63) is 94.3 Å². The zero-order valence-electron chi connectivity index (χ0n) is 16.7. The molecule has 0 bridgehead atoms. The summed E-state index contributed by atoms with van der Waals surface area (Å²) in [6, 6.07) is 13.9. The first-order chi connectivity index (χ1) is 15.4. The molecule has 33 heavy (non-hydrogen) atoms. The van der Waals surface area contributed by atoms with Gasteiger partial charge in [-0.25, -0.2) is 4.39 Å². The van der Waals surface area contributed by atoms with Crippen molar-refractivity contribution in [3.63, 3.8) is 0 Å². The number of hydrogen-bond donors (Lipinski definition) is 0. The highest BCUT2D eigenvalue weighted by Crippen LogP contribution is 2.40. The predicted octanol–water partition coefficient (Wildman–Crippen LogP) is 8.15. The van der Waals surface area contributed by atoms with Crippen LogP contribution in [-0.4, -0.2) is 12.8 Å². The second-order valence-electron chi connectivity index (χ2n) is 7.03. The lowest BCUT2D eigenvalue weighted by Gasteiger charge is -2.22. The largest absolute Gasteiger partial charge is 0.454 e. The fourth-order valence-electron chi connectivity index (χ4n) is 2.98. The average Bonchev–Trinajstić information content (AvgIpc) is 2.72. The molecule has 0 radical (unpaired) electrons.